The minimum Gasteiger partial charge on any atom is -0.495 e. The number of hydrogen-bond acceptors (Lipinski definition) is 6. The van der Waals surface area contributed by atoms with E-state index in [0.717, 1.165) is 6.26 Å². The van der Waals surface area contributed by atoms with Gasteiger partial charge in [-0.05, 0) is 48.9 Å². The molecule has 0 spiro atoms. The number of benzene rings is 2. The number of anilines is 2. The van der Waals surface area contributed by atoms with Crippen LogP contribution in [0, 0.1) is 0 Å². The Morgan fingerprint density at radius 2 is 1.81 bits per heavy atom. The topological polar surface area (TPSA) is 108 Å². The van der Waals surface area contributed by atoms with Crippen LogP contribution in [0.5, 0.6) is 11.5 Å². The van der Waals surface area contributed by atoms with Crippen molar-refractivity contribution in [2.75, 3.05) is 31.0 Å². The molecule has 0 fully saturated rings. The molecule has 0 aromatic heterocycles. The second-order valence-electron chi connectivity index (χ2n) is 5.70. The Balaban J connectivity index is 0.00000364. The molecule has 0 bridgehead atoms. The van der Waals surface area contributed by atoms with Crippen molar-refractivity contribution in [1.29, 1.82) is 0 Å². The lowest BCUT2D eigenvalue weighted by Crippen LogP contribution is -2.13. The summed E-state index contributed by atoms with van der Waals surface area (Å²) in [5.74, 6) is 0.963. The molecule has 0 saturated carbocycles. The Kier molecular flexibility index (Phi) is 8.39. The van der Waals surface area contributed by atoms with Crippen molar-refractivity contribution in [2.45, 2.75) is 17.7 Å². The number of nitrogens with one attached hydrogen (secondary N) is 1. The van der Waals surface area contributed by atoms with Crippen molar-refractivity contribution in [3.05, 3.63) is 42.5 Å². The van der Waals surface area contributed by atoms with Crippen LogP contribution in [0.4, 0.5) is 11.4 Å². The van der Waals surface area contributed by atoms with Gasteiger partial charge in [0.15, 0.2) is 9.84 Å². The van der Waals surface area contributed by atoms with Crippen LogP contribution in [0.3, 0.4) is 0 Å². The smallest absolute Gasteiger partial charge is 0.224 e. The third kappa shape index (κ3) is 6.99. The van der Waals surface area contributed by atoms with Gasteiger partial charge in [0.05, 0.1) is 24.3 Å². The third-order valence-electron chi connectivity index (χ3n) is 3.58. The first-order valence-electron chi connectivity index (χ1n) is 7.96. The Labute approximate surface area is 165 Å². The highest BCUT2D eigenvalue weighted by Gasteiger charge is 2.07. The lowest BCUT2D eigenvalue weighted by Gasteiger charge is -2.09. The van der Waals surface area contributed by atoms with Gasteiger partial charge < -0.3 is 20.5 Å². The molecule has 148 valence electrons. The summed E-state index contributed by atoms with van der Waals surface area (Å²) in [5.41, 5.74) is 6.85. The highest BCUT2D eigenvalue weighted by atomic mass is 35.5. The molecule has 0 aliphatic carbocycles. The summed E-state index contributed by atoms with van der Waals surface area (Å²) in [6, 6.07) is 11.2. The second kappa shape index (κ2) is 10.0. The maximum absolute atomic E-state index is 11.9. The van der Waals surface area contributed by atoms with E-state index in [2.05, 4.69) is 5.32 Å². The van der Waals surface area contributed by atoms with Crippen LogP contribution >= 0.6 is 12.4 Å². The molecular weight excluding hydrogens is 392 g/mol. The number of nitrogen functional groups attached to an aromatic ring is 1. The van der Waals surface area contributed by atoms with E-state index in [-0.39, 0.29) is 29.6 Å². The van der Waals surface area contributed by atoms with Crippen LogP contribution in [-0.4, -0.2) is 34.3 Å². The summed E-state index contributed by atoms with van der Waals surface area (Å²) in [6.07, 6.45) is 1.95. The molecule has 1 amide bonds. The van der Waals surface area contributed by atoms with Crippen molar-refractivity contribution in [3.63, 3.8) is 0 Å². The molecular formula is C18H23ClN2O5S. The maximum Gasteiger partial charge on any atom is 0.224 e. The minimum absolute atomic E-state index is 0. The monoisotopic (exact) mass is 414 g/mol. The lowest BCUT2D eigenvalue weighted by atomic mass is 10.2. The molecule has 2 aromatic carbocycles. The zero-order chi connectivity index (χ0) is 19.2. The predicted molar refractivity (Wildman–Crippen MR) is 108 cm³/mol. The molecule has 0 radical (unpaired) electrons. The van der Waals surface area contributed by atoms with Gasteiger partial charge >= 0.3 is 0 Å². The van der Waals surface area contributed by atoms with Gasteiger partial charge in [0, 0.05) is 18.4 Å². The van der Waals surface area contributed by atoms with Gasteiger partial charge in [-0.1, -0.05) is 0 Å². The highest BCUT2D eigenvalue weighted by molar-refractivity contribution is 7.90. The van der Waals surface area contributed by atoms with E-state index in [4.69, 9.17) is 15.2 Å². The number of sulfone groups is 1. The second-order valence-corrected chi connectivity index (χ2v) is 7.72. The number of carbonyl (C=O) groups is 1. The molecule has 0 aliphatic heterocycles. The van der Waals surface area contributed by atoms with Crippen LogP contribution in [0.1, 0.15) is 12.8 Å². The molecule has 2 rings (SSSR count). The Morgan fingerprint density at radius 3 is 2.37 bits per heavy atom. The number of ether oxygens (including phenoxy) is 2. The van der Waals surface area contributed by atoms with Gasteiger partial charge in [0.1, 0.15) is 11.5 Å². The summed E-state index contributed by atoms with van der Waals surface area (Å²) >= 11 is 0. The number of hydrogen-bond donors (Lipinski definition) is 2. The molecule has 0 aliphatic rings. The zero-order valence-electron chi connectivity index (χ0n) is 15.1. The molecule has 7 nitrogen and oxygen atoms in total. The number of methoxy groups -OCH3 is 1. The molecule has 3 N–H and O–H groups in total. The minimum atomic E-state index is -3.22. The van der Waals surface area contributed by atoms with Crippen molar-refractivity contribution in [1.82, 2.24) is 0 Å². The molecule has 0 unspecified atom stereocenters. The van der Waals surface area contributed by atoms with Gasteiger partial charge in [-0.3, -0.25) is 4.79 Å². The Morgan fingerprint density at radius 1 is 1.15 bits per heavy atom. The predicted octanol–water partition coefficient (Wildman–Crippen LogP) is 2.90. The molecule has 0 saturated heterocycles. The fraction of sp³-hybridized carbons (Fsp3) is 0.278. The van der Waals surface area contributed by atoms with Gasteiger partial charge in [-0.2, -0.15) is 0 Å². The van der Waals surface area contributed by atoms with Crippen LogP contribution in [-0.2, 0) is 14.6 Å². The maximum atomic E-state index is 11.9. The van der Waals surface area contributed by atoms with Gasteiger partial charge in [0.25, 0.3) is 0 Å². The molecule has 0 atom stereocenters. The highest BCUT2D eigenvalue weighted by Crippen LogP contribution is 2.24. The van der Waals surface area contributed by atoms with Crippen LogP contribution < -0.4 is 20.5 Å². The lowest BCUT2D eigenvalue weighted by molar-refractivity contribution is -0.116. The fourth-order valence-corrected chi connectivity index (χ4v) is 2.87. The fourth-order valence-electron chi connectivity index (χ4n) is 2.24. The summed E-state index contributed by atoms with van der Waals surface area (Å²) in [4.78, 5) is 12.2. The molecule has 0 heterocycles. The number of amides is 1. The van der Waals surface area contributed by atoms with Crippen LogP contribution in [0.15, 0.2) is 47.4 Å². The molecule has 2 aromatic rings. The van der Waals surface area contributed by atoms with Gasteiger partial charge in [-0.25, -0.2) is 8.42 Å². The van der Waals surface area contributed by atoms with Gasteiger partial charge in [-0.15, -0.1) is 12.4 Å². The van der Waals surface area contributed by atoms with Crippen LogP contribution in [0.25, 0.3) is 0 Å². The standard InChI is InChI=1S/C18H22N2O5S.ClH/c1-24-17-10-5-13(12-16(17)19)20-18(21)4-3-11-25-14-6-8-15(9-7-14)26(2,22)23;/h5-10,12H,3-4,11,19H2,1-2H3,(H,20,21);1H. The van der Waals surface area contributed by atoms with E-state index >= 15 is 0 Å². The van der Waals surface area contributed by atoms with E-state index < -0.39 is 9.84 Å². The van der Waals surface area contributed by atoms with Crippen LogP contribution in [0.2, 0.25) is 0 Å². The summed E-state index contributed by atoms with van der Waals surface area (Å²) in [5, 5.41) is 2.76. The SMILES string of the molecule is COc1ccc(NC(=O)CCCOc2ccc(S(C)(=O)=O)cc2)cc1N.Cl. The molecule has 9 heteroatoms. The first kappa shape index (κ1) is 22.6. The third-order valence-corrected chi connectivity index (χ3v) is 4.71. The Bertz CT molecular complexity index is 870. The van der Waals surface area contributed by atoms with E-state index in [1.807, 2.05) is 0 Å². The van der Waals surface area contributed by atoms with E-state index in [9.17, 15) is 13.2 Å². The zero-order valence-corrected chi connectivity index (χ0v) is 16.7. The summed E-state index contributed by atoms with van der Waals surface area (Å²) < 4.78 is 33.3. The number of carbonyl (C=O) groups excluding carboxylic acids is 1. The average Bonchev–Trinajstić information content (AvgIpc) is 2.58. The Hall–Kier alpha value is -2.45. The summed E-state index contributed by atoms with van der Waals surface area (Å²) in [7, 11) is -1.69. The quantitative estimate of drug-likeness (QED) is 0.508. The number of halogens is 1. The number of rotatable bonds is 8. The van der Waals surface area contributed by atoms with Crippen molar-refractivity contribution < 1.29 is 22.7 Å². The largest absolute Gasteiger partial charge is 0.495 e. The first-order chi connectivity index (χ1) is 12.3. The first-order valence-corrected chi connectivity index (χ1v) is 9.85. The molecule has 27 heavy (non-hydrogen) atoms. The van der Waals surface area contributed by atoms with Gasteiger partial charge in [0.2, 0.25) is 5.91 Å². The van der Waals surface area contributed by atoms with E-state index in [1.54, 1.807) is 30.3 Å². The average molecular weight is 415 g/mol. The normalized spacial score (nSPS) is 10.6. The van der Waals surface area contributed by atoms with Crippen molar-refractivity contribution in [3.8, 4) is 11.5 Å². The summed E-state index contributed by atoms with van der Waals surface area (Å²) in [6.45, 7) is 0.344. The van der Waals surface area contributed by atoms with Crippen molar-refractivity contribution in [2.24, 2.45) is 0 Å². The van der Waals surface area contributed by atoms with E-state index in [0.29, 0.717) is 35.9 Å². The number of nitrogens with two attached hydrogens (primary N) is 1. The van der Waals surface area contributed by atoms with Crippen molar-refractivity contribution >= 4 is 39.5 Å². The van der Waals surface area contributed by atoms with E-state index in [1.165, 1.54) is 19.2 Å².